The van der Waals surface area contributed by atoms with E-state index >= 15 is 0 Å². The van der Waals surface area contributed by atoms with Crippen LogP contribution in [0.1, 0.15) is 12.1 Å². The Balaban J connectivity index is 1.95. The highest BCUT2D eigenvalue weighted by Crippen LogP contribution is 2.27. The molecule has 0 aliphatic heterocycles. The molecule has 0 bridgehead atoms. The molecule has 2 N–H and O–H groups in total. The average Bonchev–Trinajstić information content (AvgIpc) is 3.07. The van der Waals surface area contributed by atoms with E-state index in [4.69, 9.17) is 5.11 Å². The first kappa shape index (κ1) is 16.5. The third-order valence-electron chi connectivity index (χ3n) is 2.67. The Bertz CT molecular complexity index is 644. The van der Waals surface area contributed by atoms with Crippen molar-refractivity contribution in [3.8, 4) is 9.88 Å². The summed E-state index contributed by atoms with van der Waals surface area (Å²) >= 11 is 2.88. The number of thiophene rings is 1. The number of carbonyl (C=O) groups excluding carboxylic acids is 1. The number of halogens is 2. The van der Waals surface area contributed by atoms with Gasteiger partial charge in [-0.05, 0) is 11.4 Å². The monoisotopic (exact) mass is 346 g/mol. The normalized spacial score (nSPS) is 12.3. The summed E-state index contributed by atoms with van der Waals surface area (Å²) in [5, 5.41) is 15.3. The lowest BCUT2D eigenvalue weighted by Gasteiger charge is -2.13. The quantitative estimate of drug-likeness (QED) is 0.808. The number of nitrogens with one attached hydrogen (secondary N) is 1. The number of rotatable bonds is 7. The van der Waals surface area contributed by atoms with Crippen molar-refractivity contribution < 1.29 is 23.5 Å². The Morgan fingerprint density at radius 3 is 2.73 bits per heavy atom. The zero-order chi connectivity index (χ0) is 16.1. The maximum Gasteiger partial charge on any atom is 0.326 e. The van der Waals surface area contributed by atoms with Crippen LogP contribution in [0.25, 0.3) is 9.88 Å². The van der Waals surface area contributed by atoms with Gasteiger partial charge in [-0.1, -0.05) is 6.07 Å². The molecule has 0 saturated carbocycles. The minimum absolute atomic E-state index is 0.144. The fraction of sp³-hybridized carbons (Fsp3) is 0.308. The van der Waals surface area contributed by atoms with Gasteiger partial charge in [0.2, 0.25) is 12.3 Å². The van der Waals surface area contributed by atoms with Crippen LogP contribution < -0.4 is 5.32 Å². The summed E-state index contributed by atoms with van der Waals surface area (Å²) in [6.07, 6.45) is -3.86. The minimum atomic E-state index is -2.80. The SMILES string of the molecule is O=C(Cc1csc(-c2cccs2)n1)NC(CC(F)F)C(=O)O. The molecule has 0 radical (unpaired) electrons. The van der Waals surface area contributed by atoms with Gasteiger partial charge in [0, 0.05) is 11.8 Å². The van der Waals surface area contributed by atoms with Crippen LogP contribution in [0.2, 0.25) is 0 Å². The highest BCUT2D eigenvalue weighted by molar-refractivity contribution is 7.20. The fourth-order valence-corrected chi connectivity index (χ4v) is 3.34. The molecule has 9 heteroatoms. The highest BCUT2D eigenvalue weighted by Gasteiger charge is 2.24. The zero-order valence-electron chi connectivity index (χ0n) is 11.2. The van der Waals surface area contributed by atoms with Crippen molar-refractivity contribution in [1.29, 1.82) is 0 Å². The Labute approximate surface area is 132 Å². The predicted octanol–water partition coefficient (Wildman–Crippen LogP) is 2.64. The van der Waals surface area contributed by atoms with Crippen molar-refractivity contribution in [2.75, 3.05) is 0 Å². The Morgan fingerprint density at radius 1 is 1.36 bits per heavy atom. The first-order chi connectivity index (χ1) is 10.5. The lowest BCUT2D eigenvalue weighted by molar-refractivity contribution is -0.142. The summed E-state index contributed by atoms with van der Waals surface area (Å²) in [5.74, 6) is -2.12. The van der Waals surface area contributed by atoms with Crippen molar-refractivity contribution in [2.45, 2.75) is 25.3 Å². The minimum Gasteiger partial charge on any atom is -0.480 e. The van der Waals surface area contributed by atoms with E-state index in [0.29, 0.717) is 5.69 Å². The van der Waals surface area contributed by atoms with Gasteiger partial charge in [0.25, 0.3) is 0 Å². The van der Waals surface area contributed by atoms with Crippen molar-refractivity contribution in [1.82, 2.24) is 10.3 Å². The number of nitrogens with zero attached hydrogens (tertiary/aromatic N) is 1. The topological polar surface area (TPSA) is 79.3 Å². The van der Waals surface area contributed by atoms with E-state index in [0.717, 1.165) is 9.88 Å². The molecule has 1 atom stereocenters. The van der Waals surface area contributed by atoms with Crippen LogP contribution in [-0.4, -0.2) is 34.4 Å². The van der Waals surface area contributed by atoms with Crippen LogP contribution in [0.4, 0.5) is 8.78 Å². The predicted molar refractivity (Wildman–Crippen MR) is 79.3 cm³/mol. The van der Waals surface area contributed by atoms with E-state index in [9.17, 15) is 18.4 Å². The first-order valence-electron chi connectivity index (χ1n) is 6.24. The van der Waals surface area contributed by atoms with Crippen molar-refractivity contribution in [3.63, 3.8) is 0 Å². The van der Waals surface area contributed by atoms with Crippen LogP contribution in [0.5, 0.6) is 0 Å². The number of aromatic nitrogens is 1. The van der Waals surface area contributed by atoms with Gasteiger partial charge in [-0.2, -0.15) is 0 Å². The van der Waals surface area contributed by atoms with Gasteiger partial charge in [-0.25, -0.2) is 18.6 Å². The van der Waals surface area contributed by atoms with Gasteiger partial charge in [-0.15, -0.1) is 22.7 Å². The molecule has 0 aliphatic rings. The standard InChI is InChI=1S/C13H12F2N2O3S2/c14-10(15)5-8(13(19)20)17-11(18)4-7-6-22-12(16-7)9-2-1-3-21-9/h1-3,6,8,10H,4-5H2,(H,17,18)(H,19,20). The number of carboxylic acids is 1. The lowest BCUT2D eigenvalue weighted by atomic mass is 10.2. The molecule has 0 aliphatic carbocycles. The largest absolute Gasteiger partial charge is 0.480 e. The molecule has 2 heterocycles. The molecule has 118 valence electrons. The third kappa shape index (κ3) is 4.57. The Morgan fingerprint density at radius 2 is 2.14 bits per heavy atom. The summed E-state index contributed by atoms with van der Waals surface area (Å²) in [5.41, 5.74) is 0.479. The van der Waals surface area contributed by atoms with E-state index in [1.165, 1.54) is 22.7 Å². The number of carboxylic acid groups (broad SMARTS) is 1. The Hall–Kier alpha value is -1.87. The number of hydrogen-bond donors (Lipinski definition) is 2. The van der Waals surface area contributed by atoms with E-state index < -0.39 is 30.8 Å². The molecule has 0 spiro atoms. The molecular formula is C13H12F2N2O3S2. The maximum absolute atomic E-state index is 12.3. The molecule has 0 saturated heterocycles. The first-order valence-corrected chi connectivity index (χ1v) is 8.00. The number of hydrogen-bond acceptors (Lipinski definition) is 5. The van der Waals surface area contributed by atoms with Crippen LogP contribution in [-0.2, 0) is 16.0 Å². The molecule has 0 aromatic carbocycles. The molecule has 0 fully saturated rings. The van der Waals surface area contributed by atoms with Gasteiger partial charge >= 0.3 is 5.97 Å². The van der Waals surface area contributed by atoms with Crippen LogP contribution in [0, 0.1) is 0 Å². The summed E-state index contributed by atoms with van der Waals surface area (Å²) in [7, 11) is 0. The smallest absolute Gasteiger partial charge is 0.326 e. The zero-order valence-corrected chi connectivity index (χ0v) is 12.8. The van der Waals surface area contributed by atoms with Gasteiger partial charge in [0.1, 0.15) is 11.0 Å². The summed E-state index contributed by atoms with van der Waals surface area (Å²) in [6, 6.07) is 2.19. The molecule has 5 nitrogen and oxygen atoms in total. The lowest BCUT2D eigenvalue weighted by Crippen LogP contribution is -2.42. The van der Waals surface area contributed by atoms with Crippen molar-refractivity contribution in [3.05, 3.63) is 28.6 Å². The van der Waals surface area contributed by atoms with Crippen molar-refractivity contribution in [2.24, 2.45) is 0 Å². The number of alkyl halides is 2. The van der Waals surface area contributed by atoms with Gasteiger partial charge in [-0.3, -0.25) is 4.79 Å². The van der Waals surface area contributed by atoms with Crippen LogP contribution >= 0.6 is 22.7 Å². The second kappa shape index (κ2) is 7.41. The Kier molecular flexibility index (Phi) is 5.56. The number of thiazole rings is 1. The molecule has 1 unspecified atom stereocenters. The molecule has 2 aromatic heterocycles. The van der Waals surface area contributed by atoms with Gasteiger partial charge in [0.05, 0.1) is 17.0 Å². The molecule has 2 aromatic rings. The fourth-order valence-electron chi connectivity index (χ4n) is 1.71. The van der Waals surface area contributed by atoms with Gasteiger partial charge in [0.15, 0.2) is 0 Å². The third-order valence-corrected chi connectivity index (χ3v) is 4.60. The number of aliphatic carboxylic acids is 1. The number of amides is 1. The second-order valence-electron chi connectivity index (χ2n) is 4.38. The van der Waals surface area contributed by atoms with Crippen molar-refractivity contribution >= 4 is 34.6 Å². The highest BCUT2D eigenvalue weighted by atomic mass is 32.1. The van der Waals surface area contributed by atoms with E-state index in [1.54, 1.807) is 5.38 Å². The maximum atomic E-state index is 12.3. The van der Waals surface area contributed by atoms with E-state index in [-0.39, 0.29) is 6.42 Å². The van der Waals surface area contributed by atoms with Crippen LogP contribution in [0.15, 0.2) is 22.9 Å². The summed E-state index contributed by atoms with van der Waals surface area (Å²) in [6.45, 7) is 0. The van der Waals surface area contributed by atoms with Crippen LogP contribution in [0.3, 0.4) is 0 Å². The molecule has 2 rings (SSSR count). The average molecular weight is 346 g/mol. The molecular weight excluding hydrogens is 334 g/mol. The summed E-state index contributed by atoms with van der Waals surface area (Å²) < 4.78 is 24.5. The molecule has 22 heavy (non-hydrogen) atoms. The number of carbonyl (C=O) groups is 2. The van der Waals surface area contributed by atoms with Gasteiger partial charge < -0.3 is 10.4 Å². The van der Waals surface area contributed by atoms with E-state index in [2.05, 4.69) is 10.3 Å². The second-order valence-corrected chi connectivity index (χ2v) is 6.19. The molecule has 1 amide bonds. The summed E-state index contributed by atoms with van der Waals surface area (Å²) in [4.78, 5) is 27.8. The van der Waals surface area contributed by atoms with E-state index in [1.807, 2.05) is 17.5 Å².